The minimum absolute atomic E-state index is 0. The highest BCUT2D eigenvalue weighted by atomic mass is 79.9. The summed E-state index contributed by atoms with van der Waals surface area (Å²) in [4.78, 5) is 4.35. The van der Waals surface area contributed by atoms with Crippen LogP contribution in [-0.4, -0.2) is 55.4 Å². The molecule has 0 aliphatic rings. The van der Waals surface area contributed by atoms with Crippen molar-refractivity contribution in [2.24, 2.45) is 15.3 Å². The Bertz CT molecular complexity index is 3020. The summed E-state index contributed by atoms with van der Waals surface area (Å²) in [6.45, 7) is 2.01. The molecule has 0 saturated carbocycles. The molecule has 9 rings (SSSR count). The maximum Gasteiger partial charge on any atom is 0.213 e. The molecule has 76 heavy (non-hydrogen) atoms. The number of aromatic nitrogens is 3. The number of halogens is 4. The number of hydrogen-bond donors (Lipinski definition) is 0. The number of rotatable bonds is 21. The van der Waals surface area contributed by atoms with Crippen molar-refractivity contribution in [1.82, 2.24) is 4.98 Å². The highest BCUT2D eigenvalue weighted by Gasteiger charge is 2.14. The number of pyridine rings is 3. The van der Waals surface area contributed by atoms with E-state index in [4.69, 9.17) is 10.2 Å². The first-order chi connectivity index (χ1) is 36.4. The van der Waals surface area contributed by atoms with Gasteiger partial charge in [0.15, 0.2) is 12.4 Å². The van der Waals surface area contributed by atoms with Crippen LogP contribution in [0, 0.1) is 0 Å². The van der Waals surface area contributed by atoms with Crippen LogP contribution in [0.4, 0.5) is 17.1 Å². The third kappa shape index (κ3) is 18.6. The van der Waals surface area contributed by atoms with Gasteiger partial charge in [-0.2, -0.15) is 24.4 Å². The second-order valence-electron chi connectivity index (χ2n) is 17.9. The summed E-state index contributed by atoms with van der Waals surface area (Å²) in [7, 11) is 5.90. The van der Waals surface area contributed by atoms with E-state index < -0.39 is 0 Å². The van der Waals surface area contributed by atoms with E-state index in [1.165, 1.54) is 60.3 Å². The van der Waals surface area contributed by atoms with Gasteiger partial charge in [-0.25, -0.2) is 0 Å². The number of alkyl halides is 2. The Kier molecular flexibility index (Phi) is 27.0. The van der Waals surface area contributed by atoms with Crippen molar-refractivity contribution < 1.29 is 43.1 Å². The van der Waals surface area contributed by atoms with Gasteiger partial charge < -0.3 is 34.0 Å². The standard InChI is InChI=1S/C40H42N6.C17H15N3.C6H12Br2.2BrH/c1-43(35-17-7-5-8-18-35)41-31-33-25-29-45(39-23-13-11-21-37(33)39)27-15-3-4-16-28-46-30-26-34(38-22-12-14-24-40(38)46)32-42-44(2)36-19-9-6-10-20-36;1-20(15-7-3-2-4-8-15)19-13-14-11-12-18-17-10-6-5-9-16(14)17;7-5-3-1-2-4-6-8;;/h5-14,17-26,29-32H,3-4,15-16,27-28H2,1-2H3;2-13H,1H3;1-6H2;2*1H/q+2;;;;/p-2/b;19-13+;;;. The van der Waals surface area contributed by atoms with Gasteiger partial charge in [-0.1, -0.05) is 142 Å². The first kappa shape index (κ1) is 60.7. The van der Waals surface area contributed by atoms with Crippen molar-refractivity contribution in [2.75, 3.05) is 46.8 Å². The zero-order valence-corrected chi connectivity index (χ0v) is 50.2. The van der Waals surface area contributed by atoms with Crippen molar-refractivity contribution in [3.63, 3.8) is 0 Å². The summed E-state index contributed by atoms with van der Waals surface area (Å²) in [6, 6.07) is 62.2. The SMILES string of the molecule is BrCCCCCCBr.CN(/N=C/c1cc[n+](CCCCCC[n+]2ccc(/C=N/N(C)c3ccccc3)c3ccccc32)c2ccccc12)c1ccccc1.CN(/N=C/c1ccnc2ccccc12)c1ccccc1.[Br-].[Br-]. The largest absolute Gasteiger partial charge is 1.00 e. The number of anilines is 3. The molecule has 0 fully saturated rings. The maximum absolute atomic E-state index is 4.71. The highest BCUT2D eigenvalue weighted by molar-refractivity contribution is 9.09. The Hall–Kier alpha value is -6.12. The fourth-order valence-electron chi connectivity index (χ4n) is 8.50. The molecule has 0 aliphatic heterocycles. The monoisotopic (exact) mass is 1270 g/mol. The molecule has 0 N–H and O–H groups in total. The van der Waals surface area contributed by atoms with Crippen LogP contribution in [0.3, 0.4) is 0 Å². The molecule has 0 amide bonds. The van der Waals surface area contributed by atoms with Crippen LogP contribution >= 0.6 is 31.9 Å². The Labute approximate surface area is 488 Å². The van der Waals surface area contributed by atoms with Crippen LogP contribution in [0.5, 0.6) is 0 Å². The van der Waals surface area contributed by atoms with Crippen LogP contribution in [-0.2, 0) is 13.1 Å². The zero-order chi connectivity index (χ0) is 51.6. The molecule has 0 bridgehead atoms. The first-order valence-electron chi connectivity index (χ1n) is 25.7. The van der Waals surface area contributed by atoms with Gasteiger partial charge in [0.05, 0.1) is 52.0 Å². The van der Waals surface area contributed by atoms with Crippen molar-refractivity contribution in [3.05, 3.63) is 217 Å². The van der Waals surface area contributed by atoms with E-state index >= 15 is 0 Å². The molecule has 3 aromatic heterocycles. The van der Waals surface area contributed by atoms with Crippen molar-refractivity contribution >= 4 is 100 Å². The van der Waals surface area contributed by atoms with E-state index in [0.717, 1.165) is 81.2 Å². The van der Waals surface area contributed by atoms with Crippen molar-refractivity contribution in [2.45, 2.75) is 64.5 Å². The molecule has 6 aromatic carbocycles. The van der Waals surface area contributed by atoms with Gasteiger partial charge in [0.1, 0.15) is 13.1 Å². The summed E-state index contributed by atoms with van der Waals surface area (Å²) in [5.74, 6) is 0. The number of para-hydroxylation sites is 6. The minimum Gasteiger partial charge on any atom is -1.00 e. The van der Waals surface area contributed by atoms with E-state index in [9.17, 15) is 0 Å². The second-order valence-corrected chi connectivity index (χ2v) is 19.5. The molecule has 0 radical (unpaired) electrons. The Balaban J connectivity index is 0.000000293. The summed E-state index contributed by atoms with van der Waals surface area (Å²) < 4.78 is 4.76. The number of unbranched alkanes of at least 4 members (excludes halogenated alkanes) is 6. The minimum atomic E-state index is 0. The zero-order valence-electron chi connectivity index (χ0n) is 43.8. The van der Waals surface area contributed by atoms with Crippen LogP contribution in [0.2, 0.25) is 0 Å². The Morgan fingerprint density at radius 1 is 0.395 bits per heavy atom. The van der Waals surface area contributed by atoms with Gasteiger partial charge in [-0.3, -0.25) is 20.0 Å². The van der Waals surface area contributed by atoms with Gasteiger partial charge in [-0.05, 0) is 86.3 Å². The lowest BCUT2D eigenvalue weighted by atomic mass is 10.1. The summed E-state index contributed by atoms with van der Waals surface area (Å²) in [5, 5.41) is 25.5. The lowest BCUT2D eigenvalue weighted by Gasteiger charge is -2.12. The molecule has 3 heterocycles. The lowest BCUT2D eigenvalue weighted by Crippen LogP contribution is -3.00. The molecule has 9 aromatic rings. The van der Waals surface area contributed by atoms with E-state index in [0.29, 0.717) is 0 Å². The molecule has 0 atom stereocenters. The molecule has 9 nitrogen and oxygen atoms in total. The number of hydrogen-bond acceptors (Lipinski definition) is 7. The number of nitrogens with zero attached hydrogens (tertiary/aromatic N) is 9. The topological polar surface area (TPSA) is 67.5 Å². The average molecular weight is 1270 g/mol. The smallest absolute Gasteiger partial charge is 0.213 e. The molecule has 394 valence electrons. The van der Waals surface area contributed by atoms with Gasteiger partial charge in [-0.15, -0.1) is 0 Å². The lowest BCUT2D eigenvalue weighted by molar-refractivity contribution is -0.673. The van der Waals surface area contributed by atoms with E-state index in [-0.39, 0.29) is 34.0 Å². The normalized spacial score (nSPS) is 11.0. The van der Waals surface area contributed by atoms with E-state index in [1.807, 2.05) is 152 Å². The summed E-state index contributed by atoms with van der Waals surface area (Å²) in [5.41, 5.74) is 9.98. The summed E-state index contributed by atoms with van der Waals surface area (Å²) in [6.07, 6.45) is 22.1. The highest BCUT2D eigenvalue weighted by Crippen LogP contribution is 2.20. The van der Waals surface area contributed by atoms with E-state index in [2.05, 4.69) is 154 Å². The predicted octanol–water partition coefficient (Wildman–Crippen LogP) is 8.82. The number of fused-ring (bicyclic) bond motifs is 3. The van der Waals surface area contributed by atoms with Crippen molar-refractivity contribution in [1.29, 1.82) is 0 Å². The number of benzene rings is 6. The van der Waals surface area contributed by atoms with Gasteiger partial charge in [0, 0.05) is 97.2 Å². The Morgan fingerprint density at radius 2 is 0.737 bits per heavy atom. The maximum atomic E-state index is 4.71. The van der Waals surface area contributed by atoms with Crippen LogP contribution in [0.15, 0.2) is 216 Å². The quantitative estimate of drug-likeness (QED) is 0.0238. The van der Waals surface area contributed by atoms with Gasteiger partial charge >= 0.3 is 0 Å². The Morgan fingerprint density at radius 3 is 1.14 bits per heavy atom. The molecule has 0 spiro atoms. The molecule has 0 saturated heterocycles. The third-order valence-corrected chi connectivity index (χ3v) is 13.8. The fraction of sp³-hybridized carbons (Fsp3) is 0.238. The van der Waals surface area contributed by atoms with Gasteiger partial charge in [0.25, 0.3) is 0 Å². The third-order valence-electron chi connectivity index (χ3n) is 12.7. The van der Waals surface area contributed by atoms with Crippen LogP contribution < -0.4 is 58.1 Å². The predicted molar refractivity (Wildman–Crippen MR) is 322 cm³/mol. The molecular formula is C63H69Br4N9. The van der Waals surface area contributed by atoms with E-state index in [1.54, 1.807) is 0 Å². The molecular weight excluding hydrogens is 1200 g/mol. The van der Waals surface area contributed by atoms with Crippen molar-refractivity contribution in [3.8, 4) is 0 Å². The van der Waals surface area contributed by atoms with Crippen LogP contribution in [0.25, 0.3) is 32.7 Å². The molecule has 0 unspecified atom stereocenters. The summed E-state index contributed by atoms with van der Waals surface area (Å²) >= 11 is 6.78. The average Bonchev–Trinajstić information content (AvgIpc) is 3.46. The second kappa shape index (κ2) is 33.8. The van der Waals surface area contributed by atoms with Gasteiger partial charge in [0.2, 0.25) is 11.0 Å². The molecule has 0 aliphatic carbocycles. The number of hydrazone groups is 3. The van der Waals surface area contributed by atoms with Crippen LogP contribution in [0.1, 0.15) is 68.1 Å². The molecule has 13 heteroatoms. The first-order valence-corrected chi connectivity index (χ1v) is 27.9. The fourth-order valence-corrected chi connectivity index (χ4v) is 9.29. The number of aryl methyl sites for hydroxylation is 2.